The number of aromatic nitrogens is 1. The van der Waals surface area contributed by atoms with Crippen molar-refractivity contribution in [2.75, 3.05) is 11.9 Å². The van der Waals surface area contributed by atoms with Gasteiger partial charge in [0.15, 0.2) is 6.61 Å². The van der Waals surface area contributed by atoms with Crippen LogP contribution in [0.3, 0.4) is 0 Å². The number of anilines is 1. The molecule has 2 aromatic rings. The number of benzene rings is 1. The first-order valence-corrected chi connectivity index (χ1v) is 7.99. The summed E-state index contributed by atoms with van der Waals surface area (Å²) in [5.74, 6) is 1.52. The molecule has 0 unspecified atom stereocenters. The van der Waals surface area contributed by atoms with Crippen LogP contribution in [0.4, 0.5) is 5.88 Å². The summed E-state index contributed by atoms with van der Waals surface area (Å²) in [6, 6.07) is 5.89. The maximum Gasteiger partial charge on any atom is 0.264 e. The maximum absolute atomic E-state index is 12.1. The highest BCUT2D eigenvalue weighted by Gasteiger charge is 2.24. The van der Waals surface area contributed by atoms with Crippen molar-refractivity contribution in [1.82, 2.24) is 5.16 Å². The molecule has 5 heteroatoms. The number of aryl methyl sites for hydroxylation is 3. The second kappa shape index (κ2) is 6.44. The van der Waals surface area contributed by atoms with E-state index in [0.717, 1.165) is 41.6 Å². The topological polar surface area (TPSA) is 64.4 Å². The van der Waals surface area contributed by atoms with Gasteiger partial charge in [0, 0.05) is 5.56 Å². The lowest BCUT2D eigenvalue weighted by molar-refractivity contribution is -0.118. The molecule has 3 rings (SSSR count). The predicted molar refractivity (Wildman–Crippen MR) is 87.7 cm³/mol. The predicted octanol–water partition coefficient (Wildman–Crippen LogP) is 3.43. The molecule has 23 heavy (non-hydrogen) atoms. The minimum absolute atomic E-state index is 0.0477. The number of carbonyl (C=O) groups is 1. The molecule has 0 aliphatic heterocycles. The lowest BCUT2D eigenvalue weighted by atomic mass is 9.89. The SMILES string of the molecule is Cc1cc(C)cc(OCC(=O)Nc2onc3c2C[C@H](C)CC3)c1. The summed E-state index contributed by atoms with van der Waals surface area (Å²) in [5, 5.41) is 6.83. The van der Waals surface area contributed by atoms with Gasteiger partial charge in [-0.2, -0.15) is 0 Å². The highest BCUT2D eigenvalue weighted by molar-refractivity contribution is 5.91. The van der Waals surface area contributed by atoms with E-state index in [1.165, 1.54) is 0 Å². The molecule has 1 aromatic carbocycles. The summed E-state index contributed by atoms with van der Waals surface area (Å²) >= 11 is 0. The third-order valence-electron chi connectivity index (χ3n) is 4.11. The van der Waals surface area contributed by atoms with Crippen LogP contribution in [0, 0.1) is 19.8 Å². The van der Waals surface area contributed by atoms with Crippen LogP contribution < -0.4 is 10.1 Å². The standard InChI is InChI=1S/C18H22N2O3/c1-11-4-5-16-15(9-11)18(23-20-16)19-17(21)10-22-14-7-12(2)6-13(3)8-14/h6-8,11H,4-5,9-10H2,1-3H3,(H,19,21)/t11-/m1/s1. The number of nitrogens with zero attached hydrogens (tertiary/aromatic N) is 1. The number of rotatable bonds is 4. The van der Waals surface area contributed by atoms with E-state index in [2.05, 4.69) is 23.5 Å². The molecule has 1 heterocycles. The van der Waals surface area contributed by atoms with Gasteiger partial charge in [0.2, 0.25) is 5.88 Å². The number of hydrogen-bond acceptors (Lipinski definition) is 4. The molecule has 1 amide bonds. The van der Waals surface area contributed by atoms with Gasteiger partial charge in [-0.25, -0.2) is 0 Å². The summed E-state index contributed by atoms with van der Waals surface area (Å²) in [4.78, 5) is 12.1. The van der Waals surface area contributed by atoms with E-state index >= 15 is 0 Å². The van der Waals surface area contributed by atoms with Crippen LogP contribution in [0.2, 0.25) is 0 Å². The Bertz CT molecular complexity index is 701. The van der Waals surface area contributed by atoms with Crippen molar-refractivity contribution in [3.05, 3.63) is 40.6 Å². The quantitative estimate of drug-likeness (QED) is 0.939. The van der Waals surface area contributed by atoms with Gasteiger partial charge >= 0.3 is 0 Å². The van der Waals surface area contributed by atoms with Crippen LogP contribution in [0.25, 0.3) is 0 Å². The van der Waals surface area contributed by atoms with Gasteiger partial charge in [-0.15, -0.1) is 0 Å². The van der Waals surface area contributed by atoms with Crippen molar-refractivity contribution >= 4 is 11.8 Å². The molecule has 1 N–H and O–H groups in total. The highest BCUT2D eigenvalue weighted by Crippen LogP contribution is 2.30. The number of ether oxygens (including phenoxy) is 1. The number of fused-ring (bicyclic) bond motifs is 1. The fraction of sp³-hybridized carbons (Fsp3) is 0.444. The second-order valence-corrected chi connectivity index (χ2v) is 6.45. The molecule has 1 aromatic heterocycles. The first kappa shape index (κ1) is 15.6. The van der Waals surface area contributed by atoms with E-state index in [0.29, 0.717) is 17.6 Å². The Morgan fingerprint density at radius 2 is 2.09 bits per heavy atom. The van der Waals surface area contributed by atoms with E-state index in [4.69, 9.17) is 9.26 Å². The molecule has 0 radical (unpaired) electrons. The number of amides is 1. The molecule has 0 saturated heterocycles. The summed E-state index contributed by atoms with van der Waals surface area (Å²) < 4.78 is 10.9. The molecule has 0 saturated carbocycles. The molecule has 122 valence electrons. The van der Waals surface area contributed by atoms with Gasteiger partial charge in [-0.3, -0.25) is 10.1 Å². The number of nitrogens with one attached hydrogen (secondary N) is 1. The van der Waals surface area contributed by atoms with Crippen molar-refractivity contribution < 1.29 is 14.1 Å². The summed E-state index contributed by atoms with van der Waals surface area (Å²) in [7, 11) is 0. The van der Waals surface area contributed by atoms with Crippen LogP contribution in [0.15, 0.2) is 22.7 Å². The van der Waals surface area contributed by atoms with Crippen molar-refractivity contribution in [2.45, 2.75) is 40.0 Å². The second-order valence-electron chi connectivity index (χ2n) is 6.45. The van der Waals surface area contributed by atoms with Gasteiger partial charge < -0.3 is 9.26 Å². The molecule has 1 atom stereocenters. The average Bonchev–Trinajstić information content (AvgIpc) is 2.86. The summed E-state index contributed by atoms with van der Waals surface area (Å²) in [6.45, 7) is 6.16. The monoisotopic (exact) mass is 314 g/mol. The van der Waals surface area contributed by atoms with E-state index in [9.17, 15) is 4.79 Å². The van der Waals surface area contributed by atoms with Gasteiger partial charge in [0.1, 0.15) is 5.75 Å². The number of carbonyl (C=O) groups excluding carboxylic acids is 1. The van der Waals surface area contributed by atoms with E-state index in [-0.39, 0.29) is 12.5 Å². The highest BCUT2D eigenvalue weighted by atomic mass is 16.5. The molecular formula is C18H22N2O3. The Morgan fingerprint density at radius 3 is 2.83 bits per heavy atom. The Kier molecular flexibility index (Phi) is 4.37. The normalized spacial score (nSPS) is 16.7. The molecule has 1 aliphatic carbocycles. The third-order valence-corrected chi connectivity index (χ3v) is 4.11. The Labute approximate surface area is 136 Å². The summed E-state index contributed by atoms with van der Waals surface area (Å²) in [5.41, 5.74) is 4.22. The summed E-state index contributed by atoms with van der Waals surface area (Å²) in [6.07, 6.45) is 2.92. The molecule has 1 aliphatic rings. The van der Waals surface area contributed by atoms with E-state index in [1.54, 1.807) is 0 Å². The lowest BCUT2D eigenvalue weighted by Gasteiger charge is -2.16. The van der Waals surface area contributed by atoms with Crippen molar-refractivity contribution in [3.63, 3.8) is 0 Å². The minimum atomic E-state index is -0.235. The molecular weight excluding hydrogens is 292 g/mol. The fourth-order valence-corrected chi connectivity index (χ4v) is 3.01. The van der Waals surface area contributed by atoms with Crippen molar-refractivity contribution in [2.24, 2.45) is 5.92 Å². The Hall–Kier alpha value is -2.30. The lowest BCUT2D eigenvalue weighted by Crippen LogP contribution is -2.21. The zero-order chi connectivity index (χ0) is 16.4. The smallest absolute Gasteiger partial charge is 0.264 e. The molecule has 0 bridgehead atoms. The first-order valence-electron chi connectivity index (χ1n) is 7.99. The molecule has 5 nitrogen and oxygen atoms in total. The van der Waals surface area contributed by atoms with Crippen LogP contribution in [0.1, 0.15) is 35.7 Å². The van der Waals surface area contributed by atoms with Gasteiger partial charge in [0.05, 0.1) is 5.69 Å². The first-order chi connectivity index (χ1) is 11.0. The molecule has 0 fully saturated rings. The van der Waals surface area contributed by atoms with Crippen LogP contribution in [-0.2, 0) is 17.6 Å². The minimum Gasteiger partial charge on any atom is -0.484 e. The average molecular weight is 314 g/mol. The van der Waals surface area contributed by atoms with Crippen molar-refractivity contribution in [3.8, 4) is 5.75 Å². The largest absolute Gasteiger partial charge is 0.484 e. The van der Waals surface area contributed by atoms with E-state index in [1.807, 2.05) is 26.0 Å². The maximum atomic E-state index is 12.1. The Balaban J connectivity index is 1.61. The van der Waals surface area contributed by atoms with Crippen LogP contribution >= 0.6 is 0 Å². The van der Waals surface area contributed by atoms with Gasteiger partial charge in [-0.1, -0.05) is 18.1 Å². The zero-order valence-corrected chi connectivity index (χ0v) is 13.8. The van der Waals surface area contributed by atoms with Crippen LogP contribution in [0.5, 0.6) is 5.75 Å². The van der Waals surface area contributed by atoms with Crippen LogP contribution in [-0.4, -0.2) is 17.7 Å². The number of hydrogen-bond donors (Lipinski definition) is 1. The molecule has 0 spiro atoms. The fourth-order valence-electron chi connectivity index (χ4n) is 3.01. The zero-order valence-electron chi connectivity index (χ0n) is 13.8. The van der Waals surface area contributed by atoms with Crippen molar-refractivity contribution in [1.29, 1.82) is 0 Å². The third kappa shape index (κ3) is 3.73. The van der Waals surface area contributed by atoms with Gasteiger partial charge in [-0.05, 0) is 62.3 Å². The Morgan fingerprint density at radius 1 is 1.35 bits per heavy atom. The van der Waals surface area contributed by atoms with Gasteiger partial charge in [0.25, 0.3) is 5.91 Å². The van der Waals surface area contributed by atoms with E-state index < -0.39 is 0 Å².